The maximum atomic E-state index is 4.56. The molecular weight excluding hydrogens is 202 g/mol. The second-order valence-electron chi connectivity index (χ2n) is 4.75. The van der Waals surface area contributed by atoms with E-state index in [9.17, 15) is 0 Å². The summed E-state index contributed by atoms with van der Waals surface area (Å²) in [5, 5.41) is 0. The van der Waals surface area contributed by atoms with Crippen LogP contribution in [0.25, 0.3) is 0 Å². The van der Waals surface area contributed by atoms with Crippen LogP contribution in [-0.2, 0) is 0 Å². The Bertz CT molecular complexity index is 343. The molecule has 0 bridgehead atoms. The van der Waals surface area contributed by atoms with E-state index in [4.69, 9.17) is 0 Å². The van der Waals surface area contributed by atoms with Crippen LogP contribution in [0, 0.1) is 5.41 Å². The third-order valence-electron chi connectivity index (χ3n) is 2.58. The van der Waals surface area contributed by atoms with Gasteiger partial charge in [0.1, 0.15) is 0 Å². The predicted octanol–water partition coefficient (Wildman–Crippen LogP) is 3.65. The fourth-order valence-electron chi connectivity index (χ4n) is 1.83. The minimum absolute atomic E-state index is 0.307. The molecule has 1 aliphatic rings. The normalized spacial score (nSPS) is 23.2. The Morgan fingerprint density at radius 1 is 1.33 bits per heavy atom. The van der Waals surface area contributed by atoms with Crippen LogP contribution in [-0.4, -0.2) is 18.0 Å². The van der Waals surface area contributed by atoms with E-state index in [-0.39, 0.29) is 0 Å². The Morgan fingerprint density at radius 2 is 2.07 bits per heavy atom. The maximum Gasteiger partial charge on any atom is 0.0598 e. The highest BCUT2D eigenvalue weighted by Gasteiger charge is 2.26. The number of hydrogen-bond donors (Lipinski definition) is 0. The van der Waals surface area contributed by atoms with Gasteiger partial charge in [-0.2, -0.15) is 0 Å². The minimum atomic E-state index is 0.307. The lowest BCUT2D eigenvalue weighted by molar-refractivity contribution is 0.485. The van der Waals surface area contributed by atoms with Crippen molar-refractivity contribution >= 4 is 18.0 Å². The third kappa shape index (κ3) is 3.10. The van der Waals surface area contributed by atoms with Gasteiger partial charge in [-0.3, -0.25) is 4.99 Å². The lowest BCUT2D eigenvalue weighted by atomic mass is 9.91. The molecule has 0 saturated carbocycles. The smallest absolute Gasteiger partial charge is 0.0598 e. The van der Waals surface area contributed by atoms with Crippen LogP contribution in [0.5, 0.6) is 0 Å². The summed E-state index contributed by atoms with van der Waals surface area (Å²) in [4.78, 5) is 5.90. The van der Waals surface area contributed by atoms with E-state index in [1.54, 1.807) is 0 Å². The third-order valence-corrected chi connectivity index (χ3v) is 3.74. The number of benzene rings is 1. The van der Waals surface area contributed by atoms with Gasteiger partial charge in [0.05, 0.1) is 6.04 Å². The Balaban J connectivity index is 1.83. The first kappa shape index (κ1) is 10.7. The summed E-state index contributed by atoms with van der Waals surface area (Å²) in [7, 11) is 0. The van der Waals surface area contributed by atoms with Gasteiger partial charge in [0.25, 0.3) is 0 Å². The molecule has 80 valence electrons. The Labute approximate surface area is 96.0 Å². The molecule has 2 heteroatoms. The highest BCUT2D eigenvalue weighted by molar-refractivity contribution is 7.99. The van der Waals surface area contributed by atoms with Gasteiger partial charge in [0.15, 0.2) is 0 Å². The van der Waals surface area contributed by atoms with Crippen molar-refractivity contribution in [3.05, 3.63) is 30.3 Å². The molecule has 1 aromatic rings. The number of rotatable bonds is 3. The Hall–Kier alpha value is -0.760. The van der Waals surface area contributed by atoms with Gasteiger partial charge >= 0.3 is 0 Å². The molecule has 0 radical (unpaired) electrons. The van der Waals surface area contributed by atoms with E-state index < -0.39 is 0 Å². The van der Waals surface area contributed by atoms with Gasteiger partial charge in [-0.25, -0.2) is 0 Å². The molecule has 2 rings (SSSR count). The van der Waals surface area contributed by atoms with Crippen LogP contribution in [0.1, 0.15) is 20.3 Å². The first-order chi connectivity index (χ1) is 7.16. The second-order valence-corrected chi connectivity index (χ2v) is 5.84. The molecule has 1 unspecified atom stereocenters. The minimum Gasteiger partial charge on any atom is -0.293 e. The second kappa shape index (κ2) is 4.40. The van der Waals surface area contributed by atoms with E-state index in [1.807, 2.05) is 11.8 Å². The van der Waals surface area contributed by atoms with Crippen molar-refractivity contribution in [2.24, 2.45) is 10.4 Å². The Morgan fingerprint density at radius 3 is 2.67 bits per heavy atom. The van der Waals surface area contributed by atoms with E-state index in [1.165, 1.54) is 11.3 Å². The molecule has 1 aliphatic heterocycles. The summed E-state index contributed by atoms with van der Waals surface area (Å²) in [6.07, 6.45) is 3.30. The summed E-state index contributed by atoms with van der Waals surface area (Å²) in [6, 6.07) is 11.1. The fraction of sp³-hybridized carbons (Fsp3) is 0.462. The maximum absolute atomic E-state index is 4.56. The number of hydrogen-bond acceptors (Lipinski definition) is 2. The Kier molecular flexibility index (Phi) is 3.15. The van der Waals surface area contributed by atoms with Gasteiger partial charge < -0.3 is 0 Å². The van der Waals surface area contributed by atoms with Gasteiger partial charge in [0.2, 0.25) is 0 Å². The first-order valence-electron chi connectivity index (χ1n) is 5.38. The number of aliphatic imine (C=N–C) groups is 1. The summed E-state index contributed by atoms with van der Waals surface area (Å²) < 4.78 is 0. The van der Waals surface area contributed by atoms with Gasteiger partial charge in [-0.1, -0.05) is 32.0 Å². The zero-order valence-electron chi connectivity index (χ0n) is 9.31. The molecule has 15 heavy (non-hydrogen) atoms. The van der Waals surface area contributed by atoms with Crippen LogP contribution in [0.15, 0.2) is 40.2 Å². The van der Waals surface area contributed by atoms with Crippen molar-refractivity contribution in [2.45, 2.75) is 31.2 Å². The van der Waals surface area contributed by atoms with Crippen molar-refractivity contribution in [1.82, 2.24) is 0 Å². The quantitative estimate of drug-likeness (QED) is 0.707. The van der Waals surface area contributed by atoms with Crippen LogP contribution in [0.4, 0.5) is 0 Å². The molecule has 1 atom stereocenters. The lowest BCUT2D eigenvalue weighted by Gasteiger charge is -2.14. The van der Waals surface area contributed by atoms with Crippen LogP contribution in [0.2, 0.25) is 0 Å². The van der Waals surface area contributed by atoms with Gasteiger partial charge in [0, 0.05) is 22.3 Å². The van der Waals surface area contributed by atoms with Crippen molar-refractivity contribution in [2.75, 3.05) is 5.75 Å². The topological polar surface area (TPSA) is 12.4 Å². The molecule has 1 nitrogen and oxygen atoms in total. The zero-order valence-corrected chi connectivity index (χ0v) is 10.1. The molecule has 0 amide bonds. The van der Waals surface area contributed by atoms with Gasteiger partial charge in [-0.15, -0.1) is 11.8 Å². The largest absolute Gasteiger partial charge is 0.293 e. The number of thioether (sulfide) groups is 1. The highest BCUT2D eigenvalue weighted by atomic mass is 32.2. The van der Waals surface area contributed by atoms with Gasteiger partial charge in [-0.05, 0) is 18.6 Å². The van der Waals surface area contributed by atoms with Crippen LogP contribution < -0.4 is 0 Å². The molecule has 1 aromatic carbocycles. The molecule has 0 aliphatic carbocycles. The monoisotopic (exact) mass is 219 g/mol. The average molecular weight is 219 g/mol. The van der Waals surface area contributed by atoms with Crippen molar-refractivity contribution in [3.8, 4) is 0 Å². The summed E-state index contributed by atoms with van der Waals surface area (Å²) >= 11 is 1.90. The zero-order chi connectivity index (χ0) is 10.7. The molecule has 1 heterocycles. The fourth-order valence-corrected chi connectivity index (χ4v) is 2.77. The average Bonchev–Trinajstić information content (AvgIpc) is 2.57. The van der Waals surface area contributed by atoms with Crippen LogP contribution in [0.3, 0.4) is 0 Å². The van der Waals surface area contributed by atoms with E-state index in [0.29, 0.717) is 11.5 Å². The first-order valence-corrected chi connectivity index (χ1v) is 6.36. The van der Waals surface area contributed by atoms with Crippen molar-refractivity contribution in [1.29, 1.82) is 0 Å². The SMILES string of the molecule is CC1(C)C=NC(CSc2ccccc2)C1. The van der Waals surface area contributed by atoms with E-state index in [0.717, 1.165) is 5.75 Å². The van der Waals surface area contributed by atoms with Crippen molar-refractivity contribution < 1.29 is 0 Å². The number of nitrogens with zero attached hydrogens (tertiary/aromatic N) is 1. The molecule has 0 N–H and O–H groups in total. The highest BCUT2D eigenvalue weighted by Crippen LogP contribution is 2.30. The summed E-state index contributed by atoms with van der Waals surface area (Å²) in [5.74, 6) is 1.10. The van der Waals surface area contributed by atoms with Crippen LogP contribution >= 0.6 is 11.8 Å². The lowest BCUT2D eigenvalue weighted by Crippen LogP contribution is -2.13. The predicted molar refractivity (Wildman–Crippen MR) is 67.8 cm³/mol. The summed E-state index contributed by atoms with van der Waals surface area (Å²) in [6.45, 7) is 4.51. The summed E-state index contributed by atoms with van der Waals surface area (Å²) in [5.41, 5.74) is 0.307. The standard InChI is InChI=1S/C13H17NS/c1-13(2)8-11(14-10-13)9-15-12-6-4-3-5-7-12/h3-7,10-11H,8-9H2,1-2H3. The molecular formula is C13H17NS. The molecule has 0 spiro atoms. The van der Waals surface area contributed by atoms with Crippen molar-refractivity contribution in [3.63, 3.8) is 0 Å². The molecule has 0 fully saturated rings. The van der Waals surface area contributed by atoms with E-state index >= 15 is 0 Å². The van der Waals surface area contributed by atoms with E-state index in [2.05, 4.69) is 55.4 Å². The molecule has 0 saturated heterocycles. The molecule has 0 aromatic heterocycles.